The molecule has 3 rings (SSSR count). The minimum Gasteiger partial charge on any atom is -0.469 e. The summed E-state index contributed by atoms with van der Waals surface area (Å²) in [7, 11) is 2.84. The van der Waals surface area contributed by atoms with Crippen molar-refractivity contribution in [3.63, 3.8) is 0 Å². The van der Waals surface area contributed by atoms with Crippen LogP contribution in [0.15, 0.2) is 24.3 Å². The fourth-order valence-electron chi connectivity index (χ4n) is 4.44. The van der Waals surface area contributed by atoms with Gasteiger partial charge in [-0.05, 0) is 43.0 Å². The third-order valence-electron chi connectivity index (χ3n) is 6.02. The largest absolute Gasteiger partial charge is 0.469 e. The number of carbonyl (C=O) groups is 2. The Morgan fingerprint density at radius 1 is 1.07 bits per heavy atom. The van der Waals surface area contributed by atoms with Crippen molar-refractivity contribution in [2.45, 2.75) is 31.8 Å². The number of ether oxygens (including phenoxy) is 3. The maximum atomic E-state index is 11.7. The van der Waals surface area contributed by atoms with E-state index in [1.807, 2.05) is 24.3 Å². The summed E-state index contributed by atoms with van der Waals surface area (Å²) in [5.74, 6) is -0.0257. The third kappa shape index (κ3) is 6.01. The van der Waals surface area contributed by atoms with Crippen molar-refractivity contribution in [1.29, 1.82) is 0 Å². The highest BCUT2D eigenvalue weighted by atomic mass is 16.5. The van der Waals surface area contributed by atoms with Gasteiger partial charge in [0.2, 0.25) is 0 Å². The molecule has 0 amide bonds. The smallest absolute Gasteiger partial charge is 0.337 e. The highest BCUT2D eigenvalue weighted by Gasteiger charge is 2.34. The first-order valence-electron chi connectivity index (χ1n) is 10.4. The van der Waals surface area contributed by atoms with Crippen LogP contribution in [0.3, 0.4) is 0 Å². The molecule has 0 aromatic heterocycles. The molecule has 0 saturated carbocycles. The first-order valence-corrected chi connectivity index (χ1v) is 10.4. The molecule has 0 unspecified atom stereocenters. The number of rotatable bonds is 7. The molecule has 0 aliphatic carbocycles. The van der Waals surface area contributed by atoms with E-state index in [-0.39, 0.29) is 11.9 Å². The molecule has 0 radical (unpaired) electrons. The van der Waals surface area contributed by atoms with E-state index in [4.69, 9.17) is 14.2 Å². The summed E-state index contributed by atoms with van der Waals surface area (Å²) in [5, 5.41) is 0. The van der Waals surface area contributed by atoms with E-state index in [2.05, 4.69) is 9.80 Å². The Kier molecular flexibility index (Phi) is 8.03. The van der Waals surface area contributed by atoms with Crippen LogP contribution in [0.2, 0.25) is 0 Å². The molecule has 1 aromatic rings. The van der Waals surface area contributed by atoms with Crippen molar-refractivity contribution >= 4 is 11.9 Å². The predicted octanol–water partition coefficient (Wildman–Crippen LogP) is 1.95. The topological polar surface area (TPSA) is 68.3 Å². The molecule has 2 atom stereocenters. The Hall–Kier alpha value is -1.96. The molecule has 0 bridgehead atoms. The van der Waals surface area contributed by atoms with Gasteiger partial charge in [-0.25, -0.2) is 4.79 Å². The second-order valence-corrected chi connectivity index (χ2v) is 7.80. The molecule has 2 fully saturated rings. The zero-order chi connectivity index (χ0) is 20.6. The summed E-state index contributed by atoms with van der Waals surface area (Å²) < 4.78 is 15.1. The Labute approximate surface area is 172 Å². The average molecular weight is 405 g/mol. The highest BCUT2D eigenvalue weighted by molar-refractivity contribution is 5.89. The summed E-state index contributed by atoms with van der Waals surface area (Å²) in [4.78, 5) is 28.3. The van der Waals surface area contributed by atoms with Crippen LogP contribution in [0.4, 0.5) is 0 Å². The van der Waals surface area contributed by atoms with Crippen LogP contribution < -0.4 is 0 Å². The van der Waals surface area contributed by atoms with E-state index in [0.29, 0.717) is 23.9 Å². The van der Waals surface area contributed by atoms with Gasteiger partial charge in [0, 0.05) is 38.6 Å². The van der Waals surface area contributed by atoms with Crippen LogP contribution in [0.5, 0.6) is 0 Å². The van der Waals surface area contributed by atoms with Crippen molar-refractivity contribution in [2.24, 2.45) is 5.92 Å². The van der Waals surface area contributed by atoms with Gasteiger partial charge >= 0.3 is 11.9 Å². The first kappa shape index (κ1) is 21.7. The van der Waals surface area contributed by atoms with E-state index in [9.17, 15) is 9.59 Å². The predicted molar refractivity (Wildman–Crippen MR) is 109 cm³/mol. The van der Waals surface area contributed by atoms with Gasteiger partial charge in [0.05, 0.1) is 33.0 Å². The first-order chi connectivity index (χ1) is 14.1. The Morgan fingerprint density at radius 2 is 1.79 bits per heavy atom. The molecule has 2 aliphatic heterocycles. The zero-order valence-corrected chi connectivity index (χ0v) is 17.5. The lowest BCUT2D eigenvalue weighted by Crippen LogP contribution is -2.53. The molecule has 160 valence electrons. The summed E-state index contributed by atoms with van der Waals surface area (Å²) >= 11 is 0. The number of piperidine rings is 1. The van der Waals surface area contributed by atoms with Crippen molar-refractivity contribution in [1.82, 2.24) is 9.80 Å². The molecule has 0 spiro atoms. The van der Waals surface area contributed by atoms with Gasteiger partial charge in [0.15, 0.2) is 0 Å². The zero-order valence-electron chi connectivity index (χ0n) is 17.5. The second-order valence-electron chi connectivity index (χ2n) is 7.80. The Bertz CT molecular complexity index is 672. The lowest BCUT2D eigenvalue weighted by Gasteiger charge is -2.45. The van der Waals surface area contributed by atoms with Gasteiger partial charge < -0.3 is 14.2 Å². The molecular weight excluding hydrogens is 372 g/mol. The number of morpholine rings is 1. The minimum absolute atomic E-state index is 0.138. The summed E-state index contributed by atoms with van der Waals surface area (Å²) in [6.45, 7) is 6.33. The molecule has 7 nitrogen and oxygen atoms in total. The fourth-order valence-corrected chi connectivity index (χ4v) is 4.44. The normalized spacial score (nSPS) is 23.5. The molecule has 2 saturated heterocycles. The van der Waals surface area contributed by atoms with Crippen molar-refractivity contribution in [3.8, 4) is 0 Å². The molecule has 29 heavy (non-hydrogen) atoms. The van der Waals surface area contributed by atoms with Crippen molar-refractivity contribution in [2.75, 3.05) is 53.6 Å². The van der Waals surface area contributed by atoms with Gasteiger partial charge in [-0.15, -0.1) is 0 Å². The standard InChI is InChI=1S/C22H32N2O5/c1-27-21(25)8-7-19-16-23(10-9-20(19)24-11-13-29-14-12-24)15-17-3-5-18(6-4-17)22(26)28-2/h3-6,19-20H,7-16H2,1-2H3/t19-,20+/m1/s1. The van der Waals surface area contributed by atoms with Gasteiger partial charge in [-0.3, -0.25) is 14.6 Å². The van der Waals surface area contributed by atoms with Gasteiger partial charge in [-0.2, -0.15) is 0 Å². The Morgan fingerprint density at radius 3 is 2.45 bits per heavy atom. The van der Waals surface area contributed by atoms with Crippen molar-refractivity contribution < 1.29 is 23.8 Å². The van der Waals surface area contributed by atoms with Crippen LogP contribution in [-0.4, -0.2) is 81.4 Å². The number of likely N-dealkylation sites (tertiary alicyclic amines) is 1. The van der Waals surface area contributed by atoms with Crippen LogP contribution >= 0.6 is 0 Å². The van der Waals surface area contributed by atoms with E-state index < -0.39 is 0 Å². The molecule has 7 heteroatoms. The maximum Gasteiger partial charge on any atom is 0.337 e. The van der Waals surface area contributed by atoms with Crippen LogP contribution in [0.25, 0.3) is 0 Å². The summed E-state index contributed by atoms with van der Waals surface area (Å²) in [6, 6.07) is 8.10. The number of methoxy groups -OCH3 is 2. The number of esters is 2. The maximum absolute atomic E-state index is 11.7. The second kappa shape index (κ2) is 10.7. The molecule has 2 heterocycles. The molecular formula is C22H32N2O5. The van der Waals surface area contributed by atoms with Gasteiger partial charge in [-0.1, -0.05) is 12.1 Å². The van der Waals surface area contributed by atoms with Crippen LogP contribution in [0, 0.1) is 5.92 Å². The SMILES string of the molecule is COC(=O)CC[C@@H]1CN(Cc2ccc(C(=O)OC)cc2)CC[C@@H]1N1CCOCC1. The van der Waals surface area contributed by atoms with Crippen LogP contribution in [0.1, 0.15) is 35.2 Å². The van der Waals surface area contributed by atoms with Crippen molar-refractivity contribution in [3.05, 3.63) is 35.4 Å². The summed E-state index contributed by atoms with van der Waals surface area (Å²) in [6.07, 6.45) is 2.39. The Balaban J connectivity index is 1.62. The highest BCUT2D eigenvalue weighted by Crippen LogP contribution is 2.28. The van der Waals surface area contributed by atoms with E-state index in [1.54, 1.807) is 0 Å². The number of hydrogen-bond donors (Lipinski definition) is 0. The average Bonchev–Trinajstić information content (AvgIpc) is 2.78. The monoisotopic (exact) mass is 404 g/mol. The number of hydrogen-bond acceptors (Lipinski definition) is 7. The number of carbonyl (C=O) groups excluding carboxylic acids is 2. The third-order valence-corrected chi connectivity index (χ3v) is 6.02. The number of benzene rings is 1. The molecule has 2 aliphatic rings. The molecule has 0 N–H and O–H groups in total. The van der Waals surface area contributed by atoms with Crippen LogP contribution in [-0.2, 0) is 25.5 Å². The fraction of sp³-hybridized carbons (Fsp3) is 0.636. The lowest BCUT2D eigenvalue weighted by atomic mass is 9.86. The lowest BCUT2D eigenvalue weighted by molar-refractivity contribution is -0.141. The molecule has 1 aromatic carbocycles. The quantitative estimate of drug-likeness (QED) is 0.644. The minimum atomic E-state index is -0.314. The van der Waals surface area contributed by atoms with Gasteiger partial charge in [0.1, 0.15) is 0 Å². The number of nitrogens with zero attached hydrogens (tertiary/aromatic N) is 2. The van der Waals surface area contributed by atoms with E-state index >= 15 is 0 Å². The summed E-state index contributed by atoms with van der Waals surface area (Å²) in [5.41, 5.74) is 1.74. The van der Waals surface area contributed by atoms with E-state index in [1.165, 1.54) is 19.8 Å². The van der Waals surface area contributed by atoms with E-state index in [0.717, 1.165) is 58.8 Å². The van der Waals surface area contributed by atoms with Gasteiger partial charge in [0.25, 0.3) is 0 Å².